The molecule has 156 valence electrons. The van der Waals surface area contributed by atoms with E-state index in [0.717, 1.165) is 12.0 Å². The Morgan fingerprint density at radius 1 is 1.14 bits per heavy atom. The summed E-state index contributed by atoms with van der Waals surface area (Å²) in [6.07, 6.45) is 2.06. The van der Waals surface area contributed by atoms with Gasteiger partial charge in [-0.25, -0.2) is 0 Å². The standard InChI is InChI=1S/C18H24N2O7.ClH/c1-2-3-4-12(18(24)25)20-13(17(23)19-9-16(21)22)7-11-5-6-14-15(8-11)27-10-26-14;/h5-6,8,12-13,20H,2-4,7,9-10H2,1H3,(H,19,23)(H,21,22)(H,24,25);1H/t12?,13-;/m0./s1. The van der Waals surface area contributed by atoms with Gasteiger partial charge in [0, 0.05) is 0 Å². The number of nitrogens with one attached hydrogen (secondary N) is 2. The zero-order chi connectivity index (χ0) is 19.8. The number of rotatable bonds is 11. The highest BCUT2D eigenvalue weighted by molar-refractivity contribution is 5.86. The number of carboxylic acids is 2. The van der Waals surface area contributed by atoms with Gasteiger partial charge in [0.2, 0.25) is 12.7 Å². The molecule has 0 aliphatic carbocycles. The molecule has 9 nitrogen and oxygen atoms in total. The molecule has 1 unspecified atom stereocenters. The fourth-order valence-corrected chi connectivity index (χ4v) is 2.75. The molecule has 0 spiro atoms. The van der Waals surface area contributed by atoms with Crippen LogP contribution < -0.4 is 20.1 Å². The molecule has 0 saturated carbocycles. The number of hydrogen-bond donors (Lipinski definition) is 4. The third kappa shape index (κ3) is 6.90. The third-order valence-corrected chi connectivity index (χ3v) is 4.15. The predicted molar refractivity (Wildman–Crippen MR) is 102 cm³/mol. The number of ether oxygens (including phenoxy) is 2. The monoisotopic (exact) mass is 416 g/mol. The maximum absolute atomic E-state index is 12.4. The highest BCUT2D eigenvalue weighted by Gasteiger charge is 2.27. The molecular weight excluding hydrogens is 392 g/mol. The van der Waals surface area contributed by atoms with E-state index < -0.39 is 36.5 Å². The van der Waals surface area contributed by atoms with Crippen LogP contribution in [0.3, 0.4) is 0 Å². The van der Waals surface area contributed by atoms with Crippen molar-refractivity contribution in [2.24, 2.45) is 0 Å². The first-order valence-corrected chi connectivity index (χ1v) is 8.77. The van der Waals surface area contributed by atoms with Gasteiger partial charge in [-0.2, -0.15) is 0 Å². The van der Waals surface area contributed by atoms with Crippen molar-refractivity contribution in [1.29, 1.82) is 0 Å². The number of aliphatic carboxylic acids is 2. The lowest BCUT2D eigenvalue weighted by Gasteiger charge is -2.23. The maximum Gasteiger partial charge on any atom is 0.322 e. The van der Waals surface area contributed by atoms with Gasteiger partial charge in [0.15, 0.2) is 11.5 Å². The highest BCUT2D eigenvalue weighted by atomic mass is 35.5. The zero-order valence-electron chi connectivity index (χ0n) is 15.5. The minimum Gasteiger partial charge on any atom is -0.480 e. The molecule has 10 heteroatoms. The summed E-state index contributed by atoms with van der Waals surface area (Å²) in [6, 6.07) is 3.40. The summed E-state index contributed by atoms with van der Waals surface area (Å²) in [7, 11) is 0. The summed E-state index contributed by atoms with van der Waals surface area (Å²) in [4.78, 5) is 34.7. The van der Waals surface area contributed by atoms with Gasteiger partial charge in [-0.3, -0.25) is 19.7 Å². The van der Waals surface area contributed by atoms with Crippen LogP contribution in [0.2, 0.25) is 0 Å². The number of unbranched alkanes of at least 4 members (excludes halogenated alkanes) is 1. The van der Waals surface area contributed by atoms with Crippen LogP contribution in [0.5, 0.6) is 11.5 Å². The molecule has 4 N–H and O–H groups in total. The number of carbonyl (C=O) groups is 3. The lowest BCUT2D eigenvalue weighted by Crippen LogP contribution is -2.52. The summed E-state index contributed by atoms with van der Waals surface area (Å²) in [6.45, 7) is 1.53. The van der Waals surface area contributed by atoms with E-state index >= 15 is 0 Å². The van der Waals surface area contributed by atoms with Crippen LogP contribution >= 0.6 is 12.4 Å². The van der Waals surface area contributed by atoms with E-state index in [9.17, 15) is 19.5 Å². The number of hydrogen-bond acceptors (Lipinski definition) is 6. The summed E-state index contributed by atoms with van der Waals surface area (Å²) in [5, 5.41) is 23.3. The zero-order valence-corrected chi connectivity index (χ0v) is 16.3. The summed E-state index contributed by atoms with van der Waals surface area (Å²) in [5.74, 6) is -1.64. The van der Waals surface area contributed by atoms with Crippen LogP contribution in [0.1, 0.15) is 31.7 Å². The van der Waals surface area contributed by atoms with Gasteiger partial charge in [0.05, 0.1) is 6.04 Å². The van der Waals surface area contributed by atoms with Gasteiger partial charge in [-0.1, -0.05) is 25.8 Å². The molecular formula is C18H25ClN2O7. The Labute approximate surface area is 168 Å². The van der Waals surface area contributed by atoms with E-state index in [2.05, 4.69) is 10.6 Å². The van der Waals surface area contributed by atoms with Crippen LogP contribution in [0.25, 0.3) is 0 Å². The Kier molecular flexibility index (Phi) is 9.54. The number of halogens is 1. The highest BCUT2D eigenvalue weighted by Crippen LogP contribution is 2.32. The molecule has 1 aromatic carbocycles. The van der Waals surface area contributed by atoms with E-state index in [4.69, 9.17) is 14.6 Å². The van der Waals surface area contributed by atoms with Gasteiger partial charge < -0.3 is 25.0 Å². The molecule has 1 amide bonds. The molecule has 0 aromatic heterocycles. The van der Waals surface area contributed by atoms with Gasteiger partial charge in [0.25, 0.3) is 0 Å². The summed E-state index contributed by atoms with van der Waals surface area (Å²) in [5.41, 5.74) is 0.738. The Morgan fingerprint density at radius 3 is 2.50 bits per heavy atom. The van der Waals surface area contributed by atoms with Crippen LogP contribution in [-0.4, -0.2) is 53.5 Å². The second kappa shape index (κ2) is 11.4. The number of fused-ring (bicyclic) bond motifs is 1. The minimum absolute atomic E-state index is 0. The largest absolute Gasteiger partial charge is 0.480 e. The van der Waals surface area contributed by atoms with Crippen LogP contribution in [0.4, 0.5) is 0 Å². The average molecular weight is 417 g/mol. The van der Waals surface area contributed by atoms with Crippen molar-refractivity contribution < 1.29 is 34.1 Å². The van der Waals surface area contributed by atoms with E-state index in [0.29, 0.717) is 24.3 Å². The number of carboxylic acid groups (broad SMARTS) is 2. The fourth-order valence-electron chi connectivity index (χ4n) is 2.75. The second-order valence-electron chi connectivity index (χ2n) is 6.26. The lowest BCUT2D eigenvalue weighted by atomic mass is 10.0. The molecule has 2 rings (SSSR count). The van der Waals surface area contributed by atoms with Gasteiger partial charge in [-0.05, 0) is 30.5 Å². The number of amides is 1. The van der Waals surface area contributed by atoms with Crippen molar-refractivity contribution in [3.05, 3.63) is 23.8 Å². The average Bonchev–Trinajstić information content (AvgIpc) is 3.09. The fraction of sp³-hybridized carbons (Fsp3) is 0.500. The normalized spacial score (nSPS) is 13.9. The molecule has 2 atom stereocenters. The first-order chi connectivity index (χ1) is 12.9. The van der Waals surface area contributed by atoms with Crippen molar-refractivity contribution in [3.8, 4) is 11.5 Å². The first-order valence-electron chi connectivity index (χ1n) is 8.77. The molecule has 28 heavy (non-hydrogen) atoms. The Bertz CT molecular complexity index is 699. The van der Waals surface area contributed by atoms with E-state index in [-0.39, 0.29) is 25.6 Å². The van der Waals surface area contributed by atoms with Crippen molar-refractivity contribution in [2.75, 3.05) is 13.3 Å². The van der Waals surface area contributed by atoms with Gasteiger partial charge in [-0.15, -0.1) is 12.4 Å². The smallest absolute Gasteiger partial charge is 0.322 e. The van der Waals surface area contributed by atoms with Crippen LogP contribution in [0.15, 0.2) is 18.2 Å². The number of carbonyl (C=O) groups excluding carboxylic acids is 1. The number of benzene rings is 1. The van der Waals surface area contributed by atoms with Crippen molar-refractivity contribution in [1.82, 2.24) is 10.6 Å². The van der Waals surface area contributed by atoms with Crippen LogP contribution in [-0.2, 0) is 20.8 Å². The topological polar surface area (TPSA) is 134 Å². The van der Waals surface area contributed by atoms with Gasteiger partial charge in [0.1, 0.15) is 12.6 Å². The second-order valence-corrected chi connectivity index (χ2v) is 6.26. The summed E-state index contributed by atoms with van der Waals surface area (Å²) < 4.78 is 10.6. The molecule has 0 radical (unpaired) electrons. The molecule has 0 bridgehead atoms. The lowest BCUT2D eigenvalue weighted by molar-refractivity contribution is -0.141. The molecule has 0 fully saturated rings. The Hall–Kier alpha value is -2.52. The molecule has 1 aliphatic heterocycles. The molecule has 1 aliphatic rings. The molecule has 1 aromatic rings. The van der Waals surface area contributed by atoms with Gasteiger partial charge >= 0.3 is 11.9 Å². The SMILES string of the molecule is CCCCC(N[C@@H](Cc1ccc2c(c1)OCO2)C(=O)NCC(=O)O)C(=O)O.Cl. The van der Waals surface area contributed by atoms with E-state index in [1.807, 2.05) is 6.92 Å². The first kappa shape index (κ1) is 23.5. The third-order valence-electron chi connectivity index (χ3n) is 4.15. The van der Waals surface area contributed by atoms with Crippen molar-refractivity contribution >= 4 is 30.3 Å². The molecule has 0 saturated heterocycles. The Morgan fingerprint density at radius 2 is 1.86 bits per heavy atom. The minimum atomic E-state index is -1.18. The predicted octanol–water partition coefficient (Wildman–Crippen LogP) is 1.18. The van der Waals surface area contributed by atoms with Crippen LogP contribution in [0, 0.1) is 0 Å². The van der Waals surface area contributed by atoms with Crippen molar-refractivity contribution in [3.63, 3.8) is 0 Å². The maximum atomic E-state index is 12.4. The van der Waals surface area contributed by atoms with E-state index in [1.165, 1.54) is 0 Å². The van der Waals surface area contributed by atoms with E-state index in [1.54, 1.807) is 18.2 Å². The summed E-state index contributed by atoms with van der Waals surface area (Å²) >= 11 is 0. The molecule has 1 heterocycles. The quantitative estimate of drug-likeness (QED) is 0.422. The Balaban J connectivity index is 0.00000392. The van der Waals surface area contributed by atoms with Crippen molar-refractivity contribution in [2.45, 2.75) is 44.7 Å².